The van der Waals surface area contributed by atoms with Crippen LogP contribution in [0.1, 0.15) is 46.8 Å². The molecule has 2 rings (SSSR count). The number of carboxylic acid groups (broad SMARTS) is 1. The lowest BCUT2D eigenvalue weighted by atomic mass is 9.99. The van der Waals surface area contributed by atoms with E-state index in [-0.39, 0.29) is 11.8 Å². The quantitative estimate of drug-likeness (QED) is 0.891. The van der Waals surface area contributed by atoms with Crippen molar-refractivity contribution in [1.29, 1.82) is 0 Å². The Morgan fingerprint density at radius 2 is 2.00 bits per heavy atom. The number of aryl methyl sites for hydroxylation is 2. The lowest BCUT2D eigenvalue weighted by molar-refractivity contribution is -0.140. The van der Waals surface area contributed by atoms with Gasteiger partial charge in [-0.3, -0.25) is 4.79 Å². The fourth-order valence-electron chi connectivity index (χ4n) is 2.33. The zero-order chi connectivity index (χ0) is 14.0. The zero-order valence-corrected chi connectivity index (χ0v) is 12.0. The first-order valence-electron chi connectivity index (χ1n) is 6.64. The van der Waals surface area contributed by atoms with Crippen LogP contribution in [0.15, 0.2) is 6.07 Å². The van der Waals surface area contributed by atoms with Crippen molar-refractivity contribution in [3.63, 3.8) is 0 Å². The molecular weight excluding hydrogens is 262 g/mol. The molecule has 0 saturated carbocycles. The molecule has 0 saturated heterocycles. The number of carbonyl (C=O) groups excluding carboxylic acids is 1. The van der Waals surface area contributed by atoms with Gasteiger partial charge in [0.05, 0.1) is 4.88 Å². The molecule has 104 valence electrons. The Kier molecular flexibility index (Phi) is 4.24. The summed E-state index contributed by atoms with van der Waals surface area (Å²) in [4.78, 5) is 25.1. The lowest BCUT2D eigenvalue weighted by Gasteiger charge is -2.17. The third-order valence-corrected chi connectivity index (χ3v) is 4.68. The molecule has 1 heterocycles. The van der Waals surface area contributed by atoms with E-state index in [1.54, 1.807) is 13.8 Å². The minimum atomic E-state index is -0.982. The summed E-state index contributed by atoms with van der Waals surface area (Å²) in [6, 6.07) is 1.10. The van der Waals surface area contributed by atoms with E-state index in [1.807, 2.05) is 6.07 Å². The zero-order valence-electron chi connectivity index (χ0n) is 11.2. The van der Waals surface area contributed by atoms with Crippen LogP contribution in [0.5, 0.6) is 0 Å². The smallest absolute Gasteiger partial charge is 0.326 e. The van der Waals surface area contributed by atoms with Crippen LogP contribution in [-0.2, 0) is 17.6 Å². The highest BCUT2D eigenvalue weighted by molar-refractivity contribution is 7.14. The van der Waals surface area contributed by atoms with Gasteiger partial charge in [-0.05, 0) is 43.2 Å². The number of hydrogen-bond acceptors (Lipinski definition) is 3. The van der Waals surface area contributed by atoms with Gasteiger partial charge in [0.25, 0.3) is 5.91 Å². The van der Waals surface area contributed by atoms with E-state index in [9.17, 15) is 9.59 Å². The van der Waals surface area contributed by atoms with Gasteiger partial charge >= 0.3 is 5.97 Å². The summed E-state index contributed by atoms with van der Waals surface area (Å²) in [5, 5.41) is 11.7. The number of aliphatic carboxylic acids is 1. The van der Waals surface area contributed by atoms with Gasteiger partial charge in [0.1, 0.15) is 6.04 Å². The molecule has 1 atom stereocenters. The van der Waals surface area contributed by atoms with E-state index in [2.05, 4.69) is 5.32 Å². The number of rotatable bonds is 4. The average Bonchev–Trinajstić information content (AvgIpc) is 2.78. The summed E-state index contributed by atoms with van der Waals surface area (Å²) in [5.41, 5.74) is 1.26. The van der Waals surface area contributed by atoms with Gasteiger partial charge in [0, 0.05) is 4.88 Å². The molecule has 1 aliphatic rings. The topological polar surface area (TPSA) is 66.4 Å². The van der Waals surface area contributed by atoms with Crippen LogP contribution in [0, 0.1) is 5.92 Å². The molecular formula is C14H19NO3S. The molecule has 0 aromatic carbocycles. The summed E-state index contributed by atoms with van der Waals surface area (Å²) in [6.07, 6.45) is 4.43. The molecule has 2 N–H and O–H groups in total. The number of hydrogen-bond donors (Lipinski definition) is 2. The predicted molar refractivity (Wildman–Crippen MR) is 74.7 cm³/mol. The second-order valence-corrected chi connectivity index (χ2v) is 6.44. The van der Waals surface area contributed by atoms with E-state index >= 15 is 0 Å². The highest BCUT2D eigenvalue weighted by atomic mass is 32.1. The summed E-state index contributed by atoms with van der Waals surface area (Å²) in [5.74, 6) is -1.37. The minimum absolute atomic E-state index is 0.129. The minimum Gasteiger partial charge on any atom is -0.480 e. The summed E-state index contributed by atoms with van der Waals surface area (Å²) >= 11 is 1.50. The predicted octanol–water partition coefficient (Wildman–Crippen LogP) is 2.47. The van der Waals surface area contributed by atoms with E-state index in [4.69, 9.17) is 5.11 Å². The largest absolute Gasteiger partial charge is 0.480 e. The van der Waals surface area contributed by atoms with Crippen molar-refractivity contribution >= 4 is 23.2 Å². The van der Waals surface area contributed by atoms with Crippen LogP contribution < -0.4 is 5.32 Å². The number of carbonyl (C=O) groups is 2. The summed E-state index contributed by atoms with van der Waals surface area (Å²) in [6.45, 7) is 3.58. The molecule has 1 amide bonds. The van der Waals surface area contributed by atoms with Crippen molar-refractivity contribution in [2.45, 2.75) is 45.6 Å². The molecule has 1 aromatic rings. The maximum atomic E-state index is 12.1. The van der Waals surface area contributed by atoms with Gasteiger partial charge < -0.3 is 10.4 Å². The molecule has 0 radical (unpaired) electrons. The van der Waals surface area contributed by atoms with E-state index in [1.165, 1.54) is 34.6 Å². The molecule has 0 fully saturated rings. The number of fused-ring (bicyclic) bond motifs is 1. The Morgan fingerprint density at radius 1 is 1.32 bits per heavy atom. The van der Waals surface area contributed by atoms with Crippen LogP contribution >= 0.6 is 11.3 Å². The van der Waals surface area contributed by atoms with Crippen molar-refractivity contribution in [2.24, 2.45) is 5.92 Å². The number of amides is 1. The van der Waals surface area contributed by atoms with Crippen molar-refractivity contribution in [3.05, 3.63) is 21.4 Å². The van der Waals surface area contributed by atoms with Gasteiger partial charge in [-0.1, -0.05) is 13.8 Å². The van der Waals surface area contributed by atoms with Gasteiger partial charge in [-0.25, -0.2) is 4.79 Å². The van der Waals surface area contributed by atoms with Crippen LogP contribution in [0.3, 0.4) is 0 Å². The highest BCUT2D eigenvalue weighted by Crippen LogP contribution is 2.29. The molecule has 0 spiro atoms. The summed E-state index contributed by atoms with van der Waals surface area (Å²) in [7, 11) is 0. The average molecular weight is 281 g/mol. The van der Waals surface area contributed by atoms with Gasteiger partial charge in [-0.2, -0.15) is 0 Å². The van der Waals surface area contributed by atoms with Crippen LogP contribution in [0.4, 0.5) is 0 Å². The SMILES string of the molecule is CC(C)C(NC(=O)c1cc2c(s1)CCCC2)C(=O)O. The van der Waals surface area contributed by atoms with Crippen LogP contribution in [0.2, 0.25) is 0 Å². The van der Waals surface area contributed by atoms with Crippen molar-refractivity contribution < 1.29 is 14.7 Å². The number of carboxylic acids is 1. The Morgan fingerprint density at radius 3 is 2.58 bits per heavy atom. The maximum Gasteiger partial charge on any atom is 0.326 e. The lowest BCUT2D eigenvalue weighted by Crippen LogP contribution is -2.44. The number of thiophene rings is 1. The third kappa shape index (κ3) is 3.15. The third-order valence-electron chi connectivity index (χ3n) is 3.44. The first kappa shape index (κ1) is 14.1. The van der Waals surface area contributed by atoms with E-state index < -0.39 is 12.0 Å². The first-order valence-corrected chi connectivity index (χ1v) is 7.46. The standard InChI is InChI=1S/C14H19NO3S/c1-8(2)12(14(17)18)15-13(16)11-7-9-5-3-4-6-10(9)19-11/h7-8,12H,3-6H2,1-2H3,(H,15,16)(H,17,18). The van der Waals surface area contributed by atoms with E-state index in [0.29, 0.717) is 4.88 Å². The molecule has 19 heavy (non-hydrogen) atoms. The van der Waals surface area contributed by atoms with Crippen molar-refractivity contribution in [3.8, 4) is 0 Å². The van der Waals surface area contributed by atoms with Crippen LogP contribution in [0.25, 0.3) is 0 Å². The number of nitrogens with one attached hydrogen (secondary N) is 1. The Bertz CT molecular complexity index is 469. The van der Waals surface area contributed by atoms with Gasteiger partial charge in [0.2, 0.25) is 0 Å². The molecule has 0 aliphatic heterocycles. The normalized spacial score (nSPS) is 15.9. The van der Waals surface area contributed by atoms with Gasteiger partial charge in [-0.15, -0.1) is 11.3 Å². The van der Waals surface area contributed by atoms with Crippen LogP contribution in [-0.4, -0.2) is 23.0 Å². The fourth-order valence-corrected chi connectivity index (χ4v) is 3.49. The fraction of sp³-hybridized carbons (Fsp3) is 0.571. The molecule has 1 aliphatic carbocycles. The molecule has 1 unspecified atom stereocenters. The Balaban J connectivity index is 2.11. The van der Waals surface area contributed by atoms with Crippen molar-refractivity contribution in [2.75, 3.05) is 0 Å². The molecule has 0 bridgehead atoms. The molecule has 5 heteroatoms. The molecule has 4 nitrogen and oxygen atoms in total. The van der Waals surface area contributed by atoms with Gasteiger partial charge in [0.15, 0.2) is 0 Å². The Labute approximate surface area is 116 Å². The Hall–Kier alpha value is -1.36. The molecule has 1 aromatic heterocycles. The second kappa shape index (κ2) is 5.74. The second-order valence-electron chi connectivity index (χ2n) is 5.30. The summed E-state index contributed by atoms with van der Waals surface area (Å²) < 4.78 is 0. The first-order chi connectivity index (χ1) is 8.99. The maximum absolute atomic E-state index is 12.1. The monoisotopic (exact) mass is 281 g/mol. The van der Waals surface area contributed by atoms with Crippen molar-refractivity contribution in [1.82, 2.24) is 5.32 Å². The van der Waals surface area contributed by atoms with E-state index in [0.717, 1.165) is 12.8 Å². The highest BCUT2D eigenvalue weighted by Gasteiger charge is 2.25.